The summed E-state index contributed by atoms with van der Waals surface area (Å²) in [5.74, 6) is -0.125. The molecule has 0 fully saturated rings. The van der Waals surface area contributed by atoms with Crippen LogP contribution in [0, 0.1) is 0 Å². The van der Waals surface area contributed by atoms with Crippen molar-refractivity contribution >= 4 is 11.7 Å². The molecule has 0 radical (unpaired) electrons. The molecule has 5 heteroatoms. The molecule has 2 aromatic carbocycles. The van der Waals surface area contributed by atoms with Gasteiger partial charge in [-0.3, -0.25) is 14.3 Å². The van der Waals surface area contributed by atoms with Gasteiger partial charge in [-0.2, -0.15) is 5.10 Å². The van der Waals surface area contributed by atoms with Crippen LogP contribution >= 0.6 is 0 Å². The minimum absolute atomic E-state index is 0.0709. The van der Waals surface area contributed by atoms with Gasteiger partial charge in [-0.1, -0.05) is 54.6 Å². The molecule has 1 heterocycles. The summed E-state index contributed by atoms with van der Waals surface area (Å²) >= 11 is 0. The highest BCUT2D eigenvalue weighted by Gasteiger charge is 2.31. The van der Waals surface area contributed by atoms with Gasteiger partial charge in [-0.05, 0) is 11.1 Å². The Labute approximate surface area is 151 Å². The van der Waals surface area contributed by atoms with Crippen LogP contribution < -0.4 is 5.32 Å². The van der Waals surface area contributed by atoms with Crippen molar-refractivity contribution in [1.29, 1.82) is 0 Å². The van der Waals surface area contributed by atoms with Gasteiger partial charge in [-0.25, -0.2) is 0 Å². The molecule has 1 aliphatic rings. The number of rotatable bonds is 4. The molecule has 1 aromatic heterocycles. The molecule has 130 valence electrons. The van der Waals surface area contributed by atoms with Gasteiger partial charge in [-0.15, -0.1) is 0 Å². The summed E-state index contributed by atoms with van der Waals surface area (Å²) in [4.78, 5) is 25.0. The molecular formula is C21H19N3O2. The van der Waals surface area contributed by atoms with Crippen LogP contribution in [0.3, 0.4) is 0 Å². The van der Waals surface area contributed by atoms with Crippen LogP contribution in [-0.2, 0) is 13.5 Å². The number of nitrogens with zero attached hydrogens (tertiary/aromatic N) is 2. The van der Waals surface area contributed by atoms with Crippen molar-refractivity contribution in [3.05, 3.63) is 88.7 Å². The Morgan fingerprint density at radius 1 is 1.15 bits per heavy atom. The van der Waals surface area contributed by atoms with Gasteiger partial charge in [0.2, 0.25) is 0 Å². The van der Waals surface area contributed by atoms with E-state index < -0.39 is 0 Å². The second-order valence-corrected chi connectivity index (χ2v) is 6.53. The minimum Gasteiger partial charge on any atom is -0.345 e. The first-order chi connectivity index (χ1) is 12.6. The van der Waals surface area contributed by atoms with Crippen molar-refractivity contribution in [2.24, 2.45) is 7.05 Å². The number of aromatic nitrogens is 2. The zero-order valence-electron chi connectivity index (χ0n) is 14.5. The number of aryl methyl sites for hydroxylation is 1. The highest BCUT2D eigenvalue weighted by Crippen LogP contribution is 2.31. The summed E-state index contributed by atoms with van der Waals surface area (Å²) < 4.78 is 1.73. The van der Waals surface area contributed by atoms with E-state index in [0.29, 0.717) is 24.0 Å². The van der Waals surface area contributed by atoms with Gasteiger partial charge in [0, 0.05) is 25.5 Å². The van der Waals surface area contributed by atoms with Gasteiger partial charge in [0.25, 0.3) is 5.91 Å². The molecule has 0 saturated carbocycles. The summed E-state index contributed by atoms with van der Waals surface area (Å²) in [5.41, 5.74) is 4.11. The Morgan fingerprint density at radius 3 is 2.69 bits per heavy atom. The molecule has 0 bridgehead atoms. The van der Waals surface area contributed by atoms with Crippen molar-refractivity contribution in [3.63, 3.8) is 0 Å². The van der Waals surface area contributed by atoms with Crippen LogP contribution in [0.2, 0.25) is 0 Å². The predicted octanol–water partition coefficient (Wildman–Crippen LogP) is 3.07. The topological polar surface area (TPSA) is 64.0 Å². The van der Waals surface area contributed by atoms with Crippen molar-refractivity contribution in [3.8, 4) is 0 Å². The van der Waals surface area contributed by atoms with Crippen LogP contribution in [0.5, 0.6) is 0 Å². The van der Waals surface area contributed by atoms with E-state index in [4.69, 9.17) is 0 Å². The van der Waals surface area contributed by atoms with Crippen LogP contribution in [0.15, 0.2) is 60.8 Å². The zero-order chi connectivity index (χ0) is 18.1. The number of nitrogens with one attached hydrogen (secondary N) is 1. The highest BCUT2D eigenvalue weighted by atomic mass is 16.2. The lowest BCUT2D eigenvalue weighted by Gasteiger charge is -2.14. The maximum atomic E-state index is 12.9. The van der Waals surface area contributed by atoms with Crippen LogP contribution in [0.25, 0.3) is 0 Å². The average molecular weight is 345 g/mol. The fraction of sp³-hybridized carbons (Fsp3) is 0.190. The molecule has 1 unspecified atom stereocenters. The maximum absolute atomic E-state index is 12.9. The molecule has 0 spiro atoms. The van der Waals surface area contributed by atoms with Crippen LogP contribution in [-0.4, -0.2) is 21.5 Å². The lowest BCUT2D eigenvalue weighted by molar-refractivity contribution is 0.0924. The van der Waals surface area contributed by atoms with E-state index in [1.165, 1.54) is 0 Å². The number of ketones is 1. The molecular weight excluding hydrogens is 326 g/mol. The van der Waals surface area contributed by atoms with Gasteiger partial charge >= 0.3 is 0 Å². The number of Topliss-reactive ketones (excluding diaryl/α,β-unsaturated/α-hetero) is 1. The normalized spacial score (nSPS) is 15.7. The monoisotopic (exact) mass is 345 g/mol. The second kappa shape index (κ2) is 6.59. The Balaban J connectivity index is 1.58. The molecule has 3 aromatic rings. The van der Waals surface area contributed by atoms with E-state index in [1.807, 2.05) is 61.6 Å². The number of hydrogen-bond donors (Lipinski definition) is 1. The number of fused-ring (bicyclic) bond motifs is 1. The molecule has 5 nitrogen and oxygen atoms in total. The fourth-order valence-corrected chi connectivity index (χ4v) is 3.48. The molecule has 1 atom stereocenters. The Bertz CT molecular complexity index is 976. The van der Waals surface area contributed by atoms with Crippen molar-refractivity contribution in [2.75, 3.05) is 0 Å². The lowest BCUT2D eigenvalue weighted by atomic mass is 10.1. The first kappa shape index (κ1) is 16.3. The van der Waals surface area contributed by atoms with Gasteiger partial charge in [0.15, 0.2) is 5.78 Å². The van der Waals surface area contributed by atoms with Gasteiger partial charge in [0.1, 0.15) is 0 Å². The Hall–Kier alpha value is -3.21. The molecule has 0 saturated heterocycles. The van der Waals surface area contributed by atoms with Gasteiger partial charge < -0.3 is 5.32 Å². The van der Waals surface area contributed by atoms with Crippen molar-refractivity contribution in [2.45, 2.75) is 18.9 Å². The van der Waals surface area contributed by atoms with Gasteiger partial charge in [0.05, 0.1) is 23.5 Å². The molecule has 4 rings (SSSR count). The second-order valence-electron chi connectivity index (χ2n) is 6.53. The number of carbonyl (C=O) groups is 2. The Kier molecular flexibility index (Phi) is 4.13. The van der Waals surface area contributed by atoms with E-state index in [1.54, 1.807) is 10.9 Å². The first-order valence-corrected chi connectivity index (χ1v) is 8.61. The smallest absolute Gasteiger partial charge is 0.255 e. The quantitative estimate of drug-likeness (QED) is 0.790. The van der Waals surface area contributed by atoms with Crippen molar-refractivity contribution < 1.29 is 9.59 Å². The lowest BCUT2D eigenvalue weighted by Crippen LogP contribution is -2.28. The third-order valence-electron chi connectivity index (χ3n) is 4.85. The van der Waals surface area contributed by atoms with E-state index in [9.17, 15) is 9.59 Å². The predicted molar refractivity (Wildman–Crippen MR) is 98.1 cm³/mol. The number of carbonyl (C=O) groups excluding carboxylic acids is 2. The molecule has 1 N–H and O–H groups in total. The third-order valence-corrected chi connectivity index (χ3v) is 4.85. The van der Waals surface area contributed by atoms with Crippen molar-refractivity contribution in [1.82, 2.24) is 15.1 Å². The largest absolute Gasteiger partial charge is 0.345 e. The number of hydrogen-bond acceptors (Lipinski definition) is 3. The SMILES string of the molecule is Cn1ncc(C(=O)NC2CC(=O)c3ccccc32)c1Cc1ccccc1. The number of benzene rings is 2. The summed E-state index contributed by atoms with van der Waals surface area (Å²) in [6, 6.07) is 17.2. The summed E-state index contributed by atoms with van der Waals surface area (Å²) in [6.07, 6.45) is 2.52. The van der Waals surface area contributed by atoms with Crippen LogP contribution in [0.1, 0.15) is 50.0 Å². The molecule has 1 amide bonds. The van der Waals surface area contributed by atoms with E-state index >= 15 is 0 Å². The number of amides is 1. The van der Waals surface area contributed by atoms with E-state index in [-0.39, 0.29) is 17.7 Å². The molecule has 0 aliphatic heterocycles. The summed E-state index contributed by atoms with van der Waals surface area (Å²) in [7, 11) is 1.84. The van der Waals surface area contributed by atoms with Crippen LogP contribution in [0.4, 0.5) is 0 Å². The first-order valence-electron chi connectivity index (χ1n) is 8.61. The van der Waals surface area contributed by atoms with E-state index in [2.05, 4.69) is 10.4 Å². The summed E-state index contributed by atoms with van der Waals surface area (Å²) in [5, 5.41) is 7.26. The Morgan fingerprint density at radius 2 is 1.88 bits per heavy atom. The van der Waals surface area contributed by atoms with E-state index in [0.717, 1.165) is 16.8 Å². The maximum Gasteiger partial charge on any atom is 0.255 e. The minimum atomic E-state index is -0.281. The fourth-order valence-electron chi connectivity index (χ4n) is 3.48. The zero-order valence-corrected chi connectivity index (χ0v) is 14.5. The average Bonchev–Trinajstić information content (AvgIpc) is 3.17. The molecule has 1 aliphatic carbocycles. The summed E-state index contributed by atoms with van der Waals surface area (Å²) in [6.45, 7) is 0. The third kappa shape index (κ3) is 2.92. The standard InChI is InChI=1S/C21H19N3O2/c1-24-19(11-14-7-3-2-4-8-14)17(13-22-24)21(26)23-18-12-20(25)16-10-6-5-9-15(16)18/h2-10,13,18H,11-12H2,1H3,(H,23,26). The molecule has 26 heavy (non-hydrogen) atoms. The highest BCUT2D eigenvalue weighted by molar-refractivity contribution is 6.03.